The molecule has 0 spiro atoms. The quantitative estimate of drug-likeness (QED) is 0.547. The summed E-state index contributed by atoms with van der Waals surface area (Å²) in [5.74, 6) is -2.76. The molecule has 5 nitrogen and oxygen atoms in total. The zero-order valence-electron chi connectivity index (χ0n) is 11.1. The number of aryl methyl sites for hydroxylation is 1. The van der Waals surface area contributed by atoms with Gasteiger partial charge >= 0.3 is 0 Å². The van der Waals surface area contributed by atoms with E-state index in [1.54, 1.807) is 19.1 Å². The first-order valence-electron chi connectivity index (χ1n) is 6.31. The SMILES string of the molecule is Cc1cc(O)c(O)c(C2(O)C(=O)c3ccccc3C2=O)c1. The van der Waals surface area contributed by atoms with Crippen LogP contribution in [0.15, 0.2) is 36.4 Å². The molecule has 0 radical (unpaired) electrons. The number of phenolic OH excluding ortho intramolecular Hbond substituents is 2. The first-order chi connectivity index (χ1) is 9.87. The van der Waals surface area contributed by atoms with Gasteiger partial charge < -0.3 is 15.3 Å². The number of aromatic hydroxyl groups is 2. The smallest absolute Gasteiger partial charge is 0.220 e. The van der Waals surface area contributed by atoms with Crippen LogP contribution in [0.25, 0.3) is 0 Å². The maximum Gasteiger partial charge on any atom is 0.220 e. The summed E-state index contributed by atoms with van der Waals surface area (Å²) in [6, 6.07) is 8.66. The lowest BCUT2D eigenvalue weighted by molar-refractivity contribution is 0.0311. The molecule has 2 aromatic rings. The molecule has 0 amide bonds. The van der Waals surface area contributed by atoms with Gasteiger partial charge in [0.15, 0.2) is 11.5 Å². The Hall–Kier alpha value is -2.66. The van der Waals surface area contributed by atoms with Crippen molar-refractivity contribution in [3.63, 3.8) is 0 Å². The predicted molar refractivity (Wildman–Crippen MR) is 73.5 cm³/mol. The number of carbonyl (C=O) groups is 2. The predicted octanol–water partition coefficient (Wildman–Crippen LogP) is 1.67. The Bertz CT molecular complexity index is 756. The van der Waals surface area contributed by atoms with Crippen LogP contribution in [0.5, 0.6) is 11.5 Å². The van der Waals surface area contributed by atoms with Crippen LogP contribution in [0.3, 0.4) is 0 Å². The molecule has 0 aromatic heterocycles. The Balaban J connectivity index is 2.29. The highest BCUT2D eigenvalue weighted by atomic mass is 16.3. The lowest BCUT2D eigenvalue weighted by Crippen LogP contribution is -2.38. The average Bonchev–Trinajstić information content (AvgIpc) is 2.66. The number of fused-ring (bicyclic) bond motifs is 1. The lowest BCUT2D eigenvalue weighted by atomic mass is 9.87. The summed E-state index contributed by atoms with van der Waals surface area (Å²) in [4.78, 5) is 24.9. The summed E-state index contributed by atoms with van der Waals surface area (Å²) >= 11 is 0. The fraction of sp³-hybridized carbons (Fsp3) is 0.125. The molecular weight excluding hydrogens is 272 g/mol. The monoisotopic (exact) mass is 284 g/mol. The highest BCUT2D eigenvalue weighted by Crippen LogP contribution is 2.44. The molecule has 0 fully saturated rings. The van der Waals surface area contributed by atoms with Gasteiger partial charge in [-0.05, 0) is 24.6 Å². The van der Waals surface area contributed by atoms with Crippen molar-refractivity contribution in [2.45, 2.75) is 12.5 Å². The van der Waals surface area contributed by atoms with Crippen LogP contribution >= 0.6 is 0 Å². The summed E-state index contributed by atoms with van der Waals surface area (Å²) in [5, 5.41) is 30.3. The second kappa shape index (κ2) is 4.17. The van der Waals surface area contributed by atoms with Crippen molar-refractivity contribution in [3.05, 3.63) is 58.7 Å². The summed E-state index contributed by atoms with van der Waals surface area (Å²) in [5.41, 5.74) is -2.09. The first-order valence-corrected chi connectivity index (χ1v) is 6.31. The Morgan fingerprint density at radius 1 is 0.952 bits per heavy atom. The minimum Gasteiger partial charge on any atom is -0.504 e. The molecule has 1 aliphatic carbocycles. The van der Waals surface area contributed by atoms with E-state index in [0.29, 0.717) is 5.56 Å². The highest BCUT2D eigenvalue weighted by molar-refractivity contribution is 6.32. The number of aliphatic hydroxyl groups is 1. The van der Waals surface area contributed by atoms with Gasteiger partial charge in [-0.25, -0.2) is 0 Å². The van der Waals surface area contributed by atoms with Crippen molar-refractivity contribution in [2.24, 2.45) is 0 Å². The van der Waals surface area contributed by atoms with Crippen LogP contribution < -0.4 is 0 Å². The Morgan fingerprint density at radius 2 is 1.48 bits per heavy atom. The van der Waals surface area contributed by atoms with Gasteiger partial charge in [0.05, 0.1) is 0 Å². The molecule has 0 saturated heterocycles. The topological polar surface area (TPSA) is 94.8 Å². The van der Waals surface area contributed by atoms with Crippen LogP contribution in [0.2, 0.25) is 0 Å². The van der Waals surface area contributed by atoms with Gasteiger partial charge in [0.1, 0.15) is 0 Å². The third kappa shape index (κ3) is 1.61. The van der Waals surface area contributed by atoms with E-state index in [1.807, 2.05) is 0 Å². The molecule has 21 heavy (non-hydrogen) atoms. The van der Waals surface area contributed by atoms with Gasteiger partial charge in [-0.2, -0.15) is 0 Å². The molecule has 0 atom stereocenters. The zero-order chi connectivity index (χ0) is 15.4. The van der Waals surface area contributed by atoms with Crippen LogP contribution in [-0.2, 0) is 5.60 Å². The summed E-state index contributed by atoms with van der Waals surface area (Å²) in [6.45, 7) is 1.61. The molecule has 0 bridgehead atoms. The van der Waals surface area contributed by atoms with E-state index in [-0.39, 0.29) is 16.7 Å². The Morgan fingerprint density at radius 3 is 2.00 bits per heavy atom. The number of hydrogen-bond acceptors (Lipinski definition) is 5. The number of ketones is 2. The molecule has 3 N–H and O–H groups in total. The number of phenols is 2. The van der Waals surface area contributed by atoms with Crippen molar-refractivity contribution < 1.29 is 24.9 Å². The van der Waals surface area contributed by atoms with Gasteiger partial charge in [0.25, 0.3) is 0 Å². The van der Waals surface area contributed by atoms with E-state index < -0.39 is 28.7 Å². The third-order valence-electron chi connectivity index (χ3n) is 3.70. The highest BCUT2D eigenvalue weighted by Gasteiger charge is 2.54. The Labute approximate surface area is 120 Å². The van der Waals surface area contributed by atoms with E-state index in [1.165, 1.54) is 24.3 Å². The fourth-order valence-corrected chi connectivity index (χ4v) is 2.65. The minimum absolute atomic E-state index is 0.102. The molecule has 3 rings (SSSR count). The van der Waals surface area contributed by atoms with Crippen molar-refractivity contribution in [1.82, 2.24) is 0 Å². The van der Waals surface area contributed by atoms with E-state index in [0.717, 1.165) is 0 Å². The summed E-state index contributed by atoms with van der Waals surface area (Å²) < 4.78 is 0. The lowest BCUT2D eigenvalue weighted by Gasteiger charge is -2.21. The minimum atomic E-state index is -2.50. The summed E-state index contributed by atoms with van der Waals surface area (Å²) in [6.07, 6.45) is 0. The molecule has 0 aliphatic heterocycles. The second-order valence-corrected chi connectivity index (χ2v) is 5.09. The largest absolute Gasteiger partial charge is 0.504 e. The van der Waals surface area contributed by atoms with Gasteiger partial charge in [-0.1, -0.05) is 24.3 Å². The normalized spacial score (nSPS) is 16.1. The Kier molecular flexibility index (Phi) is 2.64. The molecular formula is C16H12O5. The van der Waals surface area contributed by atoms with Crippen LogP contribution in [0.4, 0.5) is 0 Å². The number of rotatable bonds is 1. The molecule has 2 aromatic carbocycles. The molecule has 0 unspecified atom stereocenters. The van der Waals surface area contributed by atoms with Crippen LogP contribution in [0, 0.1) is 6.92 Å². The fourth-order valence-electron chi connectivity index (χ4n) is 2.65. The number of Topliss-reactive ketones (excluding diaryl/α,β-unsaturated/α-hetero) is 2. The summed E-state index contributed by atoms with van der Waals surface area (Å²) in [7, 11) is 0. The third-order valence-corrected chi connectivity index (χ3v) is 3.70. The first kappa shape index (κ1) is 13.3. The van der Waals surface area contributed by atoms with Gasteiger partial charge in [-0.3, -0.25) is 9.59 Å². The molecule has 106 valence electrons. The maximum absolute atomic E-state index is 12.4. The molecule has 0 saturated carbocycles. The second-order valence-electron chi connectivity index (χ2n) is 5.09. The average molecular weight is 284 g/mol. The van der Waals surface area contributed by atoms with E-state index in [2.05, 4.69) is 0 Å². The van der Waals surface area contributed by atoms with Crippen LogP contribution in [0.1, 0.15) is 31.8 Å². The zero-order valence-corrected chi connectivity index (χ0v) is 11.1. The van der Waals surface area contributed by atoms with Gasteiger partial charge in [-0.15, -0.1) is 0 Å². The van der Waals surface area contributed by atoms with Crippen molar-refractivity contribution in [2.75, 3.05) is 0 Å². The standard InChI is InChI=1S/C16H12O5/c1-8-6-11(13(18)12(17)7-8)16(21)14(19)9-4-2-3-5-10(9)15(16)20/h2-7,17-18,21H,1H3. The van der Waals surface area contributed by atoms with E-state index in [9.17, 15) is 24.9 Å². The van der Waals surface area contributed by atoms with Gasteiger partial charge in [0.2, 0.25) is 17.2 Å². The number of benzene rings is 2. The van der Waals surface area contributed by atoms with Crippen molar-refractivity contribution in [3.8, 4) is 11.5 Å². The van der Waals surface area contributed by atoms with E-state index in [4.69, 9.17) is 0 Å². The van der Waals surface area contributed by atoms with Crippen LogP contribution in [-0.4, -0.2) is 26.9 Å². The maximum atomic E-state index is 12.4. The van der Waals surface area contributed by atoms with Gasteiger partial charge in [0, 0.05) is 16.7 Å². The number of carbonyl (C=O) groups excluding carboxylic acids is 2. The van der Waals surface area contributed by atoms with Crippen molar-refractivity contribution in [1.29, 1.82) is 0 Å². The van der Waals surface area contributed by atoms with Crippen molar-refractivity contribution >= 4 is 11.6 Å². The molecule has 5 heteroatoms. The molecule has 0 heterocycles. The van der Waals surface area contributed by atoms with E-state index >= 15 is 0 Å². The molecule has 1 aliphatic rings. The number of hydrogen-bond donors (Lipinski definition) is 3.